The highest BCUT2D eigenvalue weighted by atomic mass is 32.2. The third kappa shape index (κ3) is 4.67. The zero-order valence-corrected chi connectivity index (χ0v) is 21.9. The van der Waals surface area contributed by atoms with E-state index >= 15 is 0 Å². The first-order valence-corrected chi connectivity index (χ1v) is 13.4. The fourth-order valence-electron chi connectivity index (χ4n) is 3.87. The Kier molecular flexibility index (Phi) is 7.25. The van der Waals surface area contributed by atoms with Crippen molar-refractivity contribution in [3.8, 4) is 0 Å². The molecule has 0 amide bonds. The number of hydrogen-bond acceptors (Lipinski definition) is 4. The zero-order valence-electron chi connectivity index (χ0n) is 20.3. The van der Waals surface area contributed by atoms with Gasteiger partial charge in [-0.3, -0.25) is 0 Å². The second-order valence-corrected chi connectivity index (χ2v) is 12.0. The Morgan fingerprint density at radius 3 is 1.84 bits per heavy atom. The molecule has 1 heterocycles. The Hall–Kier alpha value is -2.05. The number of aromatic nitrogens is 2. The predicted molar refractivity (Wildman–Crippen MR) is 134 cm³/mol. The van der Waals surface area contributed by atoms with E-state index in [9.17, 15) is 8.42 Å². The first-order chi connectivity index (χ1) is 14.9. The van der Waals surface area contributed by atoms with Crippen molar-refractivity contribution >= 4 is 21.8 Å². The Labute approximate surface area is 197 Å². The first-order valence-electron chi connectivity index (χ1n) is 11.2. The SMILES string of the molecule is Cc1nn(S(=O)(=O)c2c(C(C)C)cc(C(C)C)cc2C(C)C)c(C)c1Sc1ccccc1. The molecule has 0 N–H and O–H groups in total. The van der Waals surface area contributed by atoms with Gasteiger partial charge in [-0.15, -0.1) is 0 Å². The van der Waals surface area contributed by atoms with Crippen molar-refractivity contribution in [1.29, 1.82) is 0 Å². The van der Waals surface area contributed by atoms with Gasteiger partial charge in [0.05, 0.1) is 21.2 Å². The molecular weight excluding hydrogens is 436 g/mol. The topological polar surface area (TPSA) is 52.0 Å². The van der Waals surface area contributed by atoms with Crippen LogP contribution in [0.4, 0.5) is 0 Å². The summed E-state index contributed by atoms with van der Waals surface area (Å²) in [7, 11) is -3.87. The van der Waals surface area contributed by atoms with Crippen LogP contribution in [0.15, 0.2) is 57.2 Å². The summed E-state index contributed by atoms with van der Waals surface area (Å²) in [4.78, 5) is 2.35. The molecule has 0 saturated heterocycles. The lowest BCUT2D eigenvalue weighted by Gasteiger charge is -2.23. The monoisotopic (exact) mass is 470 g/mol. The molecule has 0 radical (unpaired) electrons. The van der Waals surface area contributed by atoms with Crippen LogP contribution in [-0.4, -0.2) is 17.6 Å². The molecule has 2 aromatic carbocycles. The van der Waals surface area contributed by atoms with Gasteiger partial charge in [-0.1, -0.05) is 83.6 Å². The zero-order chi connectivity index (χ0) is 23.8. The van der Waals surface area contributed by atoms with Crippen molar-refractivity contribution in [2.45, 2.75) is 87.8 Å². The minimum absolute atomic E-state index is 0.0751. The highest BCUT2D eigenvalue weighted by Crippen LogP contribution is 2.38. The molecule has 0 unspecified atom stereocenters. The molecule has 4 nitrogen and oxygen atoms in total. The van der Waals surface area contributed by atoms with Gasteiger partial charge in [0, 0.05) is 4.90 Å². The van der Waals surface area contributed by atoms with Gasteiger partial charge in [-0.2, -0.15) is 17.6 Å². The molecule has 0 aliphatic rings. The van der Waals surface area contributed by atoms with Crippen LogP contribution in [0.2, 0.25) is 0 Å². The average Bonchev–Trinajstić information content (AvgIpc) is 3.02. The Balaban J connectivity index is 2.24. The van der Waals surface area contributed by atoms with Crippen LogP contribution < -0.4 is 0 Å². The molecule has 0 saturated carbocycles. The summed E-state index contributed by atoms with van der Waals surface area (Å²) in [6, 6.07) is 14.1. The van der Waals surface area contributed by atoms with Crippen LogP contribution in [0.25, 0.3) is 0 Å². The van der Waals surface area contributed by atoms with E-state index in [2.05, 4.69) is 58.8 Å². The summed E-state index contributed by atoms with van der Waals surface area (Å²) in [5, 5.41) is 4.52. The van der Waals surface area contributed by atoms with Gasteiger partial charge >= 0.3 is 0 Å². The van der Waals surface area contributed by atoms with E-state index in [1.165, 1.54) is 9.65 Å². The van der Waals surface area contributed by atoms with Crippen molar-refractivity contribution < 1.29 is 8.42 Å². The van der Waals surface area contributed by atoms with Gasteiger partial charge in [-0.05, 0) is 60.4 Å². The van der Waals surface area contributed by atoms with E-state index in [1.54, 1.807) is 11.8 Å². The highest BCUT2D eigenvalue weighted by Gasteiger charge is 2.31. The van der Waals surface area contributed by atoms with Gasteiger partial charge in [0.2, 0.25) is 0 Å². The van der Waals surface area contributed by atoms with Crippen molar-refractivity contribution in [1.82, 2.24) is 9.19 Å². The summed E-state index contributed by atoms with van der Waals surface area (Å²) < 4.78 is 29.4. The van der Waals surface area contributed by atoms with Crippen LogP contribution in [-0.2, 0) is 10.0 Å². The van der Waals surface area contributed by atoms with Crippen molar-refractivity contribution in [2.75, 3.05) is 0 Å². The van der Waals surface area contributed by atoms with E-state index in [4.69, 9.17) is 0 Å². The van der Waals surface area contributed by atoms with Gasteiger partial charge < -0.3 is 0 Å². The smallest absolute Gasteiger partial charge is 0.199 e. The van der Waals surface area contributed by atoms with Gasteiger partial charge in [0.25, 0.3) is 10.0 Å². The van der Waals surface area contributed by atoms with E-state index in [1.807, 2.05) is 44.2 Å². The molecule has 0 atom stereocenters. The summed E-state index contributed by atoms with van der Waals surface area (Å²) in [5.74, 6) is 0.474. The molecule has 1 aromatic heterocycles. The minimum atomic E-state index is -3.87. The van der Waals surface area contributed by atoms with Crippen LogP contribution in [0, 0.1) is 13.8 Å². The van der Waals surface area contributed by atoms with E-state index < -0.39 is 10.0 Å². The molecule has 3 aromatic rings. The molecule has 172 valence electrons. The summed E-state index contributed by atoms with van der Waals surface area (Å²) in [6.45, 7) is 16.2. The van der Waals surface area contributed by atoms with Crippen molar-refractivity contribution in [3.05, 3.63) is 70.5 Å². The average molecular weight is 471 g/mol. The Bertz CT molecular complexity index is 1180. The lowest BCUT2D eigenvalue weighted by atomic mass is 9.89. The molecule has 0 aliphatic heterocycles. The maximum absolute atomic E-state index is 14.1. The van der Waals surface area contributed by atoms with Crippen LogP contribution in [0.1, 0.15) is 87.4 Å². The van der Waals surface area contributed by atoms with Gasteiger partial charge in [0.15, 0.2) is 0 Å². The molecule has 6 heteroatoms. The van der Waals surface area contributed by atoms with Crippen molar-refractivity contribution in [2.24, 2.45) is 0 Å². The summed E-state index contributed by atoms with van der Waals surface area (Å²) >= 11 is 1.55. The maximum Gasteiger partial charge on any atom is 0.283 e. The van der Waals surface area contributed by atoms with Gasteiger partial charge in [0.1, 0.15) is 0 Å². The van der Waals surface area contributed by atoms with Gasteiger partial charge in [-0.25, -0.2) is 0 Å². The third-order valence-electron chi connectivity index (χ3n) is 5.71. The van der Waals surface area contributed by atoms with Crippen molar-refractivity contribution in [3.63, 3.8) is 0 Å². The summed E-state index contributed by atoms with van der Waals surface area (Å²) in [5.41, 5.74) is 4.27. The Morgan fingerprint density at radius 1 is 0.844 bits per heavy atom. The predicted octanol–water partition coefficient (Wildman–Crippen LogP) is 7.26. The minimum Gasteiger partial charge on any atom is -0.199 e. The second kappa shape index (κ2) is 9.44. The quantitative estimate of drug-likeness (QED) is 0.365. The fraction of sp³-hybridized carbons (Fsp3) is 0.423. The van der Waals surface area contributed by atoms with Crippen LogP contribution in [0.5, 0.6) is 0 Å². The lowest BCUT2D eigenvalue weighted by Crippen LogP contribution is -2.21. The molecule has 0 spiro atoms. The molecule has 3 rings (SSSR count). The van der Waals surface area contributed by atoms with E-state index in [-0.39, 0.29) is 11.8 Å². The fourth-order valence-corrected chi connectivity index (χ4v) is 6.92. The van der Waals surface area contributed by atoms with E-state index in [0.717, 1.165) is 26.6 Å². The number of aryl methyl sites for hydroxylation is 1. The van der Waals surface area contributed by atoms with E-state index in [0.29, 0.717) is 16.5 Å². The molecule has 0 fully saturated rings. The third-order valence-corrected chi connectivity index (χ3v) is 8.81. The Morgan fingerprint density at radius 2 is 1.38 bits per heavy atom. The lowest BCUT2D eigenvalue weighted by molar-refractivity contribution is 0.572. The number of benzene rings is 2. The summed E-state index contributed by atoms with van der Waals surface area (Å²) in [6.07, 6.45) is 0. The molecule has 0 bridgehead atoms. The standard InChI is InChI=1S/C26H34N2O2S2/c1-16(2)21-14-23(17(3)4)26(24(15-21)18(5)6)32(29,30)28-20(8)25(19(7)27-28)31-22-12-10-9-11-13-22/h9-18H,1-8H3. The van der Waals surface area contributed by atoms with Crippen LogP contribution in [0.3, 0.4) is 0 Å². The number of hydrogen-bond donors (Lipinski definition) is 0. The molecule has 0 aliphatic carbocycles. The number of nitrogens with zero attached hydrogens (tertiary/aromatic N) is 2. The largest absolute Gasteiger partial charge is 0.283 e. The number of rotatable bonds is 7. The maximum atomic E-state index is 14.1. The highest BCUT2D eigenvalue weighted by molar-refractivity contribution is 7.99. The normalized spacial score (nSPS) is 12.3. The first kappa shape index (κ1) is 24.6. The molecule has 32 heavy (non-hydrogen) atoms. The van der Waals surface area contributed by atoms with Crippen LogP contribution >= 0.6 is 11.8 Å². The molecular formula is C26H34N2O2S2. The second-order valence-electron chi connectivity index (χ2n) is 9.26.